The first-order chi connectivity index (χ1) is 14.4. The fourth-order valence-corrected chi connectivity index (χ4v) is 8.33. The summed E-state index contributed by atoms with van der Waals surface area (Å²) in [7, 11) is 0. The molecule has 0 aliphatic heterocycles. The first kappa shape index (κ1) is 23.4. The van der Waals surface area contributed by atoms with E-state index in [9.17, 15) is 20.1 Å². The molecule has 0 saturated heterocycles. The fourth-order valence-electron chi connectivity index (χ4n) is 8.33. The van der Waals surface area contributed by atoms with Crippen molar-refractivity contribution in [2.24, 2.45) is 34.5 Å². The normalized spacial score (nSPS) is 48.1. The maximum absolute atomic E-state index is 13.3. The molecule has 8 atom stereocenters. The molecule has 0 heterocycles. The SMILES string of the molecule is CC(C)CCC[C@@H](C)[C@H]1CCC2(O)C3=CC(=O)C4(O)CC(O)CC[C@]4(C)[C@H]3CC[C@]12C. The second-order valence-corrected chi connectivity index (χ2v) is 12.5. The summed E-state index contributed by atoms with van der Waals surface area (Å²) in [6.45, 7) is 11.2. The van der Waals surface area contributed by atoms with Gasteiger partial charge in [0.05, 0.1) is 11.7 Å². The molecule has 3 unspecified atom stereocenters. The van der Waals surface area contributed by atoms with Crippen LogP contribution in [0.25, 0.3) is 0 Å². The smallest absolute Gasteiger partial charge is 0.187 e. The van der Waals surface area contributed by atoms with E-state index in [1.807, 2.05) is 6.92 Å². The highest BCUT2D eigenvalue weighted by molar-refractivity contribution is 6.00. The fraction of sp³-hybridized carbons (Fsp3) is 0.889. The number of carbonyl (C=O) groups is 1. The van der Waals surface area contributed by atoms with Crippen molar-refractivity contribution < 1.29 is 20.1 Å². The third-order valence-corrected chi connectivity index (χ3v) is 10.4. The third kappa shape index (κ3) is 3.22. The highest BCUT2D eigenvalue weighted by atomic mass is 16.3. The highest BCUT2D eigenvalue weighted by Crippen LogP contribution is 2.68. The van der Waals surface area contributed by atoms with Gasteiger partial charge in [0, 0.05) is 17.3 Å². The number of hydrogen-bond acceptors (Lipinski definition) is 4. The van der Waals surface area contributed by atoms with E-state index in [1.54, 1.807) is 6.08 Å². The lowest BCUT2D eigenvalue weighted by atomic mass is 9.44. The van der Waals surface area contributed by atoms with E-state index in [2.05, 4.69) is 27.7 Å². The molecule has 4 aliphatic carbocycles. The average molecular weight is 433 g/mol. The van der Waals surface area contributed by atoms with E-state index in [0.717, 1.165) is 37.2 Å². The van der Waals surface area contributed by atoms with Crippen LogP contribution in [0.5, 0.6) is 0 Å². The van der Waals surface area contributed by atoms with E-state index < -0.39 is 22.7 Å². The highest BCUT2D eigenvalue weighted by Gasteiger charge is 2.69. The number of carbonyl (C=O) groups excluding carboxylic acids is 1. The molecule has 3 saturated carbocycles. The second-order valence-electron chi connectivity index (χ2n) is 12.5. The maximum atomic E-state index is 13.3. The van der Waals surface area contributed by atoms with Gasteiger partial charge in [-0.15, -0.1) is 0 Å². The zero-order valence-corrected chi connectivity index (χ0v) is 20.3. The van der Waals surface area contributed by atoms with Crippen LogP contribution in [-0.4, -0.2) is 38.4 Å². The van der Waals surface area contributed by atoms with E-state index in [0.29, 0.717) is 24.7 Å². The molecule has 3 N–H and O–H groups in total. The molecule has 0 aromatic rings. The van der Waals surface area contributed by atoms with Crippen LogP contribution in [-0.2, 0) is 4.79 Å². The lowest BCUT2D eigenvalue weighted by Crippen LogP contribution is -2.66. The van der Waals surface area contributed by atoms with Gasteiger partial charge in [-0.3, -0.25) is 4.79 Å². The summed E-state index contributed by atoms with van der Waals surface area (Å²) >= 11 is 0. The van der Waals surface area contributed by atoms with Gasteiger partial charge in [0.2, 0.25) is 0 Å². The Labute approximate surface area is 188 Å². The first-order valence-corrected chi connectivity index (χ1v) is 12.8. The van der Waals surface area contributed by atoms with Gasteiger partial charge in [-0.25, -0.2) is 0 Å². The number of fused-ring (bicyclic) bond motifs is 5. The Kier molecular flexibility index (Phi) is 5.80. The van der Waals surface area contributed by atoms with Gasteiger partial charge in [0.25, 0.3) is 0 Å². The minimum atomic E-state index is -1.51. The zero-order valence-electron chi connectivity index (χ0n) is 20.3. The molecule has 0 aromatic heterocycles. The molecule has 4 rings (SSSR count). The van der Waals surface area contributed by atoms with Crippen LogP contribution in [0.4, 0.5) is 0 Å². The molecule has 4 aliphatic rings. The van der Waals surface area contributed by atoms with Crippen molar-refractivity contribution in [2.45, 2.75) is 116 Å². The summed E-state index contributed by atoms with van der Waals surface area (Å²) in [6.07, 6.45) is 9.59. The van der Waals surface area contributed by atoms with Gasteiger partial charge in [-0.1, -0.05) is 53.9 Å². The molecular weight excluding hydrogens is 388 g/mol. The summed E-state index contributed by atoms with van der Waals surface area (Å²) in [6, 6.07) is 0. The van der Waals surface area contributed by atoms with Crippen molar-refractivity contribution in [2.75, 3.05) is 0 Å². The topological polar surface area (TPSA) is 77.8 Å². The van der Waals surface area contributed by atoms with E-state index in [4.69, 9.17) is 0 Å². The Morgan fingerprint density at radius 2 is 1.65 bits per heavy atom. The number of aliphatic hydroxyl groups excluding tert-OH is 1. The zero-order chi connectivity index (χ0) is 22.8. The molecule has 0 spiro atoms. The van der Waals surface area contributed by atoms with Crippen molar-refractivity contribution in [3.05, 3.63) is 11.6 Å². The van der Waals surface area contributed by atoms with Gasteiger partial charge >= 0.3 is 0 Å². The predicted octanol–water partition coefficient (Wildman–Crippen LogP) is 4.80. The van der Waals surface area contributed by atoms with Gasteiger partial charge in [0.15, 0.2) is 5.78 Å². The molecule has 0 aromatic carbocycles. The Hall–Kier alpha value is -0.710. The number of rotatable bonds is 5. The summed E-state index contributed by atoms with van der Waals surface area (Å²) in [5.41, 5.74) is -2.39. The number of ketones is 1. The van der Waals surface area contributed by atoms with Gasteiger partial charge in [0.1, 0.15) is 5.60 Å². The second kappa shape index (κ2) is 7.67. The van der Waals surface area contributed by atoms with Crippen LogP contribution in [0.2, 0.25) is 0 Å². The molecule has 0 amide bonds. The first-order valence-electron chi connectivity index (χ1n) is 12.8. The van der Waals surface area contributed by atoms with Crippen LogP contribution in [0, 0.1) is 34.5 Å². The molecule has 0 radical (unpaired) electrons. The molecule has 3 fully saturated rings. The van der Waals surface area contributed by atoms with Crippen LogP contribution in [0.1, 0.15) is 98.8 Å². The van der Waals surface area contributed by atoms with E-state index >= 15 is 0 Å². The Balaban J connectivity index is 1.65. The number of aliphatic hydroxyl groups is 3. The minimum Gasteiger partial charge on any atom is -0.393 e. The van der Waals surface area contributed by atoms with Crippen molar-refractivity contribution in [3.63, 3.8) is 0 Å². The number of hydrogen-bond donors (Lipinski definition) is 3. The van der Waals surface area contributed by atoms with Crippen LogP contribution >= 0.6 is 0 Å². The summed E-state index contributed by atoms with van der Waals surface area (Å²) in [4.78, 5) is 13.3. The molecule has 176 valence electrons. The van der Waals surface area contributed by atoms with E-state index in [-0.39, 0.29) is 23.5 Å². The summed E-state index contributed by atoms with van der Waals surface area (Å²) < 4.78 is 0. The summed E-state index contributed by atoms with van der Waals surface area (Å²) in [5, 5.41) is 33.9. The largest absolute Gasteiger partial charge is 0.393 e. The standard InChI is InChI=1S/C27H44O4/c1-17(2)7-6-8-18(3)20-11-14-26(30)22-15-23(29)27(31)16-19(28)9-12-25(27,5)21(22)10-13-24(20,26)4/h15,17-21,28,30-31H,6-14,16H2,1-5H3/t18-,19?,20-,21+,24-,25-,26?,27?/m1/s1. The van der Waals surface area contributed by atoms with Gasteiger partial charge in [-0.2, -0.15) is 0 Å². The monoisotopic (exact) mass is 432 g/mol. The molecule has 0 bridgehead atoms. The van der Waals surface area contributed by atoms with Gasteiger partial charge < -0.3 is 15.3 Å². The average Bonchev–Trinajstić information content (AvgIpc) is 2.96. The van der Waals surface area contributed by atoms with E-state index in [1.165, 1.54) is 19.3 Å². The Morgan fingerprint density at radius 1 is 0.968 bits per heavy atom. The van der Waals surface area contributed by atoms with Crippen molar-refractivity contribution in [1.29, 1.82) is 0 Å². The maximum Gasteiger partial charge on any atom is 0.187 e. The molecule has 31 heavy (non-hydrogen) atoms. The lowest BCUT2D eigenvalue weighted by molar-refractivity contribution is -0.188. The predicted molar refractivity (Wildman–Crippen MR) is 122 cm³/mol. The van der Waals surface area contributed by atoms with Crippen molar-refractivity contribution >= 4 is 5.78 Å². The van der Waals surface area contributed by atoms with Crippen molar-refractivity contribution in [1.82, 2.24) is 0 Å². The Bertz CT molecular complexity index is 758. The van der Waals surface area contributed by atoms with Crippen LogP contribution in [0.15, 0.2) is 11.6 Å². The third-order valence-electron chi connectivity index (χ3n) is 10.4. The molecule has 4 heteroatoms. The molecule has 4 nitrogen and oxygen atoms in total. The molecular formula is C27H44O4. The Morgan fingerprint density at radius 3 is 2.32 bits per heavy atom. The lowest BCUT2D eigenvalue weighted by Gasteiger charge is -2.62. The van der Waals surface area contributed by atoms with Crippen LogP contribution < -0.4 is 0 Å². The minimum absolute atomic E-state index is 0.00997. The van der Waals surface area contributed by atoms with Crippen LogP contribution in [0.3, 0.4) is 0 Å². The summed E-state index contributed by atoms with van der Waals surface area (Å²) in [5.74, 6) is 1.46. The quantitative estimate of drug-likeness (QED) is 0.583. The van der Waals surface area contributed by atoms with Crippen molar-refractivity contribution in [3.8, 4) is 0 Å². The van der Waals surface area contributed by atoms with Gasteiger partial charge in [-0.05, 0) is 73.8 Å².